The average Bonchev–Trinajstić information content (AvgIpc) is 2.74. The van der Waals surface area contributed by atoms with Crippen molar-refractivity contribution in [2.75, 3.05) is 6.54 Å². The Morgan fingerprint density at radius 3 is 2.09 bits per heavy atom. The molecule has 3 amide bonds. The highest BCUT2D eigenvalue weighted by atomic mass is 19.4. The van der Waals surface area contributed by atoms with E-state index in [1.54, 1.807) is 58.9 Å². The number of alkyl halides is 3. The van der Waals surface area contributed by atoms with E-state index in [0.717, 1.165) is 12.1 Å². The third-order valence-corrected chi connectivity index (χ3v) is 4.82. The molecule has 0 aliphatic carbocycles. The molecule has 2 N–H and O–H groups in total. The van der Waals surface area contributed by atoms with Crippen molar-refractivity contribution in [3.05, 3.63) is 70.8 Å². The lowest BCUT2D eigenvalue weighted by atomic mass is 9.98. The van der Waals surface area contributed by atoms with Crippen LogP contribution in [0.4, 0.5) is 18.0 Å². The van der Waals surface area contributed by atoms with Gasteiger partial charge in [-0.15, -0.1) is 0 Å². The Balaban J connectivity index is 2.03. The Bertz CT molecular complexity index is 1050. The van der Waals surface area contributed by atoms with Crippen LogP contribution in [0, 0.1) is 0 Å². The van der Waals surface area contributed by atoms with Crippen molar-refractivity contribution < 1.29 is 32.3 Å². The van der Waals surface area contributed by atoms with Crippen molar-refractivity contribution in [1.82, 2.24) is 15.8 Å². The fourth-order valence-electron chi connectivity index (χ4n) is 3.09. The molecular weight excluding hydrogens is 463 g/mol. The monoisotopic (exact) mass is 493 g/mol. The number of nitrogens with one attached hydrogen (secondary N) is 2. The van der Waals surface area contributed by atoms with Crippen LogP contribution in [-0.2, 0) is 22.1 Å². The molecule has 0 heterocycles. The highest BCUT2D eigenvalue weighted by Crippen LogP contribution is 2.29. The molecule has 0 unspecified atom stereocenters. The quantitative estimate of drug-likeness (QED) is 0.571. The molecule has 0 radical (unpaired) electrons. The number of hydrogen-bond acceptors (Lipinski definition) is 4. The fourth-order valence-corrected chi connectivity index (χ4v) is 3.09. The van der Waals surface area contributed by atoms with E-state index in [-0.39, 0.29) is 24.6 Å². The Hall–Kier alpha value is -3.56. The zero-order valence-electron chi connectivity index (χ0n) is 20.3. The zero-order valence-corrected chi connectivity index (χ0v) is 20.3. The van der Waals surface area contributed by atoms with Gasteiger partial charge in [0.2, 0.25) is 0 Å². The number of nitrogens with zero attached hydrogens (tertiary/aromatic N) is 1. The lowest BCUT2D eigenvalue weighted by molar-refractivity contribution is -0.137. The molecule has 10 heteroatoms. The molecule has 0 spiro atoms. The molecule has 2 aromatic rings. The lowest BCUT2D eigenvalue weighted by Gasteiger charge is -2.29. The summed E-state index contributed by atoms with van der Waals surface area (Å²) in [5.74, 6) is -1.23. The van der Waals surface area contributed by atoms with Gasteiger partial charge in [-0.1, -0.05) is 30.3 Å². The number of carbonyl (C=O) groups excluding carboxylic acids is 3. The van der Waals surface area contributed by atoms with Crippen LogP contribution in [-0.4, -0.2) is 41.0 Å². The summed E-state index contributed by atoms with van der Waals surface area (Å²) < 4.78 is 43.7. The van der Waals surface area contributed by atoms with Crippen molar-refractivity contribution in [2.45, 2.75) is 58.9 Å². The van der Waals surface area contributed by atoms with Crippen molar-refractivity contribution in [2.24, 2.45) is 0 Å². The predicted molar refractivity (Wildman–Crippen MR) is 124 cm³/mol. The third-order valence-electron chi connectivity index (χ3n) is 4.82. The number of amides is 3. The minimum atomic E-state index is -4.43. The van der Waals surface area contributed by atoms with E-state index < -0.39 is 35.2 Å². The lowest BCUT2D eigenvalue weighted by Crippen LogP contribution is -2.50. The SMILES string of the molecule is CC(C)N(CC(=O)NNC(=O)c1ccccc1Cc1ccc(C(F)(F)F)cc1)C(=O)OC(C)(C)C. The second-order valence-electron chi connectivity index (χ2n) is 9.23. The van der Waals surface area contributed by atoms with Crippen LogP contribution in [0.25, 0.3) is 0 Å². The normalized spacial score (nSPS) is 11.7. The number of halogens is 3. The molecule has 0 aliphatic heterocycles. The van der Waals surface area contributed by atoms with Gasteiger partial charge in [0.15, 0.2) is 0 Å². The van der Waals surface area contributed by atoms with Crippen molar-refractivity contribution in [1.29, 1.82) is 0 Å². The van der Waals surface area contributed by atoms with E-state index in [9.17, 15) is 27.6 Å². The standard InChI is InChI=1S/C25H30F3N3O4/c1-16(2)31(23(34)35-24(3,4)5)15-21(32)29-30-22(33)20-9-7-6-8-18(20)14-17-10-12-19(13-11-17)25(26,27)28/h6-13,16H,14-15H2,1-5H3,(H,29,32)(H,30,33). The van der Waals surface area contributed by atoms with E-state index in [4.69, 9.17) is 4.74 Å². The number of hydrazine groups is 1. The molecule has 0 saturated heterocycles. The van der Waals surface area contributed by atoms with Gasteiger partial charge in [-0.2, -0.15) is 13.2 Å². The molecule has 0 saturated carbocycles. The minimum Gasteiger partial charge on any atom is -0.444 e. The number of benzene rings is 2. The van der Waals surface area contributed by atoms with Crippen LogP contribution < -0.4 is 10.9 Å². The molecule has 0 atom stereocenters. The van der Waals surface area contributed by atoms with Gasteiger partial charge in [0.1, 0.15) is 12.1 Å². The first-order valence-corrected chi connectivity index (χ1v) is 11.0. The van der Waals surface area contributed by atoms with E-state index in [1.807, 2.05) is 0 Å². The molecular formula is C25H30F3N3O4. The molecule has 2 rings (SSSR count). The maximum Gasteiger partial charge on any atom is 0.416 e. The second-order valence-corrected chi connectivity index (χ2v) is 9.23. The predicted octanol–water partition coefficient (Wildman–Crippen LogP) is 4.70. The maximum atomic E-state index is 12.8. The van der Waals surface area contributed by atoms with Crippen LogP contribution in [0.3, 0.4) is 0 Å². The first-order chi connectivity index (χ1) is 16.2. The number of ether oxygens (including phenoxy) is 1. The molecule has 0 fully saturated rings. The smallest absolute Gasteiger partial charge is 0.416 e. The second kappa shape index (κ2) is 11.2. The van der Waals surface area contributed by atoms with Gasteiger partial charge >= 0.3 is 12.3 Å². The van der Waals surface area contributed by atoms with Gasteiger partial charge in [0, 0.05) is 11.6 Å². The fraction of sp³-hybridized carbons (Fsp3) is 0.400. The summed E-state index contributed by atoms with van der Waals surface area (Å²) in [5.41, 5.74) is 4.53. The topological polar surface area (TPSA) is 87.7 Å². The van der Waals surface area contributed by atoms with Gasteiger partial charge in [-0.3, -0.25) is 25.3 Å². The van der Waals surface area contributed by atoms with Crippen molar-refractivity contribution in [3.63, 3.8) is 0 Å². The Morgan fingerprint density at radius 1 is 0.943 bits per heavy atom. The van der Waals surface area contributed by atoms with Crippen molar-refractivity contribution >= 4 is 17.9 Å². The highest BCUT2D eigenvalue weighted by Gasteiger charge is 2.30. The summed E-state index contributed by atoms with van der Waals surface area (Å²) in [5, 5.41) is 0. The zero-order chi connectivity index (χ0) is 26.4. The number of carbonyl (C=O) groups is 3. The van der Waals surface area contributed by atoms with Crippen LogP contribution in [0.5, 0.6) is 0 Å². The van der Waals surface area contributed by atoms with Crippen molar-refractivity contribution in [3.8, 4) is 0 Å². The molecule has 0 bridgehead atoms. The van der Waals surface area contributed by atoms with Gasteiger partial charge < -0.3 is 4.74 Å². The van der Waals surface area contributed by atoms with Gasteiger partial charge in [-0.25, -0.2) is 4.79 Å². The van der Waals surface area contributed by atoms with Gasteiger partial charge in [-0.05, 0) is 70.4 Å². The largest absolute Gasteiger partial charge is 0.444 e. The first-order valence-electron chi connectivity index (χ1n) is 11.0. The molecule has 7 nitrogen and oxygen atoms in total. The summed E-state index contributed by atoms with van der Waals surface area (Å²) in [6.45, 7) is 8.27. The summed E-state index contributed by atoms with van der Waals surface area (Å²) in [6.07, 6.45) is -4.87. The van der Waals surface area contributed by atoms with Crippen LogP contribution >= 0.6 is 0 Å². The first kappa shape index (κ1) is 27.7. The van der Waals surface area contributed by atoms with E-state index in [1.165, 1.54) is 17.0 Å². The van der Waals surface area contributed by atoms with E-state index in [2.05, 4.69) is 10.9 Å². The molecule has 0 aromatic heterocycles. The minimum absolute atomic E-state index is 0.218. The summed E-state index contributed by atoms with van der Waals surface area (Å²) >= 11 is 0. The molecule has 2 aromatic carbocycles. The van der Waals surface area contributed by atoms with Crippen LogP contribution in [0.15, 0.2) is 48.5 Å². The van der Waals surface area contributed by atoms with Crippen LogP contribution in [0.1, 0.15) is 61.7 Å². The molecule has 0 aliphatic rings. The van der Waals surface area contributed by atoms with Gasteiger partial charge in [0.05, 0.1) is 5.56 Å². The van der Waals surface area contributed by atoms with E-state index >= 15 is 0 Å². The Morgan fingerprint density at radius 2 is 1.54 bits per heavy atom. The number of hydrogen-bond donors (Lipinski definition) is 2. The average molecular weight is 494 g/mol. The molecule has 35 heavy (non-hydrogen) atoms. The van der Waals surface area contributed by atoms with Gasteiger partial charge in [0.25, 0.3) is 11.8 Å². The van der Waals surface area contributed by atoms with Crippen LogP contribution in [0.2, 0.25) is 0 Å². The number of rotatable bonds is 6. The molecule has 190 valence electrons. The third kappa shape index (κ3) is 8.62. The highest BCUT2D eigenvalue weighted by molar-refractivity contribution is 5.97. The van der Waals surface area contributed by atoms with E-state index in [0.29, 0.717) is 11.1 Å². The summed E-state index contributed by atoms with van der Waals surface area (Å²) in [4.78, 5) is 38.7. The Kier molecular flexibility index (Phi) is 8.89. The Labute approximate surface area is 202 Å². The summed E-state index contributed by atoms with van der Waals surface area (Å²) in [6, 6.07) is 10.9. The maximum absolute atomic E-state index is 12.8. The summed E-state index contributed by atoms with van der Waals surface area (Å²) in [7, 11) is 0.